The molecule has 0 saturated carbocycles. The van der Waals surface area contributed by atoms with Crippen molar-refractivity contribution in [3.63, 3.8) is 0 Å². The first-order valence-corrected chi connectivity index (χ1v) is 48.2. The second kappa shape index (κ2) is 23.5. The molecular formula is C64H50N8S2Sn3. The molecule has 0 fully saturated rings. The first kappa shape index (κ1) is 51.1. The molecule has 1 unspecified atom stereocenters. The maximum absolute atomic E-state index is 5.23. The Morgan fingerprint density at radius 3 is 1.08 bits per heavy atom. The van der Waals surface area contributed by atoms with Gasteiger partial charge in [0.2, 0.25) is 0 Å². The molecule has 9 aromatic carbocycles. The number of imidazole rings is 1. The number of benzene rings is 9. The molecule has 11 aromatic rings. The van der Waals surface area contributed by atoms with Gasteiger partial charge in [-0.05, 0) is 0 Å². The molecule has 77 heavy (non-hydrogen) atoms. The zero-order valence-electron chi connectivity index (χ0n) is 41.8. The van der Waals surface area contributed by atoms with Crippen LogP contribution < -0.4 is 32.2 Å². The van der Waals surface area contributed by atoms with Crippen LogP contribution in [0.3, 0.4) is 0 Å². The van der Waals surface area contributed by atoms with Gasteiger partial charge in [0.1, 0.15) is 0 Å². The summed E-state index contributed by atoms with van der Waals surface area (Å²) in [6, 6.07) is 98.7. The Bertz CT molecular complexity index is 3570. The minimum atomic E-state index is -4.03. The number of hydrogen-bond donors (Lipinski definition) is 0. The van der Waals surface area contributed by atoms with Crippen LogP contribution in [0.5, 0.6) is 0 Å². The van der Waals surface area contributed by atoms with E-state index in [1.54, 1.807) is 19.0 Å². The van der Waals surface area contributed by atoms with E-state index in [2.05, 4.69) is 302 Å². The third-order valence-electron chi connectivity index (χ3n) is 14.1. The van der Waals surface area contributed by atoms with Gasteiger partial charge >= 0.3 is 472 Å². The van der Waals surface area contributed by atoms with E-state index in [0.717, 1.165) is 27.1 Å². The van der Waals surface area contributed by atoms with Crippen molar-refractivity contribution in [1.82, 2.24) is 17.7 Å². The average Bonchev–Trinajstić information content (AvgIpc) is 4.32. The maximum atomic E-state index is 5.23. The van der Waals surface area contributed by atoms with Crippen LogP contribution in [0.4, 0.5) is 0 Å². The summed E-state index contributed by atoms with van der Waals surface area (Å²) in [4.78, 5) is 33.2. The standard InChI is InChI=1S/9C6H5.C5H4N4S.C5H3N4S.3Sn/c9*1-2-4-6-5-3-1;2*10-5-3-4(7-1-6-3)8-2-9-5;;;/h9*1-5H;1-3H,(H,6,7,8,9,10);1-2H,(H-,6,7,8,9,10);;;/q;;;;;;;;;;-1;3*+1/p-2. The summed E-state index contributed by atoms with van der Waals surface area (Å²) in [6.45, 7) is 0. The Morgan fingerprint density at radius 1 is 0.351 bits per heavy atom. The van der Waals surface area contributed by atoms with Crippen molar-refractivity contribution >= 4 is 137 Å². The van der Waals surface area contributed by atoms with Gasteiger partial charge in [-0.2, -0.15) is 0 Å². The number of nitrogens with zero attached hydrogens (tertiary/aromatic N) is 8. The summed E-state index contributed by atoms with van der Waals surface area (Å²) >= 11 is -11.3. The van der Waals surface area contributed by atoms with Gasteiger partial charge in [-0.15, -0.1) is 0 Å². The number of fused-ring (bicyclic) bond motifs is 2. The van der Waals surface area contributed by atoms with Crippen LogP contribution in [0.1, 0.15) is 0 Å². The van der Waals surface area contributed by atoms with Crippen LogP contribution in [0.15, 0.2) is 311 Å². The second-order valence-electron chi connectivity index (χ2n) is 18.4. The summed E-state index contributed by atoms with van der Waals surface area (Å²) in [5, 5.41) is 1.92. The van der Waals surface area contributed by atoms with E-state index in [-0.39, 0.29) is 6.04 Å². The van der Waals surface area contributed by atoms with Crippen molar-refractivity contribution in [2.45, 2.75) is 11.1 Å². The third kappa shape index (κ3) is 9.88. The summed E-state index contributed by atoms with van der Waals surface area (Å²) < 4.78 is 14.8. The summed E-state index contributed by atoms with van der Waals surface area (Å²) in [5.74, 6) is 0.733. The summed E-state index contributed by atoms with van der Waals surface area (Å²) in [6.07, 6.45) is 7.02. The molecule has 2 aromatic heterocycles. The van der Waals surface area contributed by atoms with E-state index < -0.39 is 52.6 Å². The molecule has 4 heterocycles. The molecule has 0 aliphatic carbocycles. The van der Waals surface area contributed by atoms with Gasteiger partial charge in [0, 0.05) is 0 Å². The first-order valence-electron chi connectivity index (χ1n) is 25.5. The molecule has 0 radical (unpaired) electrons. The monoisotopic (exact) mass is 1350 g/mol. The van der Waals surface area contributed by atoms with Gasteiger partial charge in [0.05, 0.1) is 0 Å². The van der Waals surface area contributed by atoms with Crippen molar-refractivity contribution in [3.8, 4) is 0 Å². The zero-order valence-corrected chi connectivity index (χ0v) is 52.0. The fourth-order valence-corrected chi connectivity index (χ4v) is 62.2. The number of aromatic nitrogens is 4. The van der Waals surface area contributed by atoms with Crippen LogP contribution in [0, 0.1) is 0 Å². The first-order chi connectivity index (χ1) is 38.2. The minimum absolute atomic E-state index is 0.183. The van der Waals surface area contributed by atoms with E-state index in [0.29, 0.717) is 0 Å². The van der Waals surface area contributed by atoms with Gasteiger partial charge in [0.15, 0.2) is 0 Å². The Hall–Kier alpha value is -6.69. The Balaban J connectivity index is 0.000000175. The molecule has 0 bridgehead atoms. The molecule has 8 nitrogen and oxygen atoms in total. The van der Waals surface area contributed by atoms with Crippen LogP contribution in [-0.4, -0.2) is 100.0 Å². The third-order valence-corrected chi connectivity index (χ3v) is 66.5. The molecule has 0 saturated heterocycles. The van der Waals surface area contributed by atoms with Crippen molar-refractivity contribution in [1.29, 1.82) is 0 Å². The molecule has 370 valence electrons. The van der Waals surface area contributed by atoms with Crippen molar-refractivity contribution in [2.24, 2.45) is 20.0 Å². The van der Waals surface area contributed by atoms with E-state index in [1.165, 1.54) is 32.2 Å². The Kier molecular flexibility index (Phi) is 15.6. The predicted molar refractivity (Wildman–Crippen MR) is 332 cm³/mol. The van der Waals surface area contributed by atoms with Crippen LogP contribution in [-0.2, 0) is 0 Å². The predicted octanol–water partition coefficient (Wildman–Crippen LogP) is 7.74. The molecular weight excluding hydrogens is 1300 g/mol. The fraction of sp³-hybridized carbons (Fsp3) is 0.0156. The molecule has 0 N–H and O–H groups in total. The van der Waals surface area contributed by atoms with Crippen molar-refractivity contribution < 1.29 is 0 Å². The Labute approximate surface area is 466 Å². The van der Waals surface area contributed by atoms with E-state index in [9.17, 15) is 0 Å². The zero-order chi connectivity index (χ0) is 51.7. The van der Waals surface area contributed by atoms with E-state index >= 15 is 0 Å². The summed E-state index contributed by atoms with van der Waals surface area (Å²) in [5.41, 5.74) is 1.74. The topological polar surface area (TPSA) is 93.0 Å². The van der Waals surface area contributed by atoms with Gasteiger partial charge in [0.25, 0.3) is 0 Å². The van der Waals surface area contributed by atoms with Gasteiger partial charge in [-0.1, -0.05) is 0 Å². The average molecular weight is 1350 g/mol. The number of amidine groups is 1. The van der Waals surface area contributed by atoms with Gasteiger partial charge in [-0.3, -0.25) is 0 Å². The number of aliphatic imine (C=N–C) groups is 4. The number of rotatable bonds is 13. The molecule has 2 aliphatic rings. The molecule has 2 aliphatic heterocycles. The van der Waals surface area contributed by atoms with Crippen LogP contribution in [0.25, 0.3) is 11.2 Å². The quantitative estimate of drug-likeness (QED) is 0.0871. The second-order valence-corrected chi connectivity index (χ2v) is 59.4. The molecule has 1 atom stereocenters. The van der Waals surface area contributed by atoms with Crippen LogP contribution >= 0.6 is 17.9 Å². The van der Waals surface area contributed by atoms with Gasteiger partial charge in [-0.25, -0.2) is 0 Å². The molecule has 13 rings (SSSR count). The fourth-order valence-electron chi connectivity index (χ4n) is 10.7. The van der Waals surface area contributed by atoms with Crippen molar-refractivity contribution in [2.75, 3.05) is 0 Å². The van der Waals surface area contributed by atoms with Gasteiger partial charge < -0.3 is 0 Å². The Morgan fingerprint density at radius 2 is 0.701 bits per heavy atom. The number of hydrogen-bond acceptors (Lipinski definition) is 9. The van der Waals surface area contributed by atoms with E-state index in [1.807, 2.05) is 17.9 Å². The van der Waals surface area contributed by atoms with E-state index in [4.69, 9.17) is 15.0 Å². The summed E-state index contributed by atoms with van der Waals surface area (Å²) in [7, 11) is 3.87. The van der Waals surface area contributed by atoms with Crippen LogP contribution in [0.2, 0.25) is 0 Å². The normalized spacial score (nSPS) is 14.0. The molecule has 0 amide bonds. The SMILES string of the molecule is C1=NC2=NC=NC2C([S][Sn]([c]2ccccc2)([c]2ccccc2)[c]2ccccc2)=N1.c1cc[c]([Sn]([S]c2ncnc3c2nc[n]3[Sn]([c]2ccccc2)([c]2ccccc2)[c]2ccccc2)([c]2ccccc2)[c]2ccccc2)cc1. The molecule has 0 spiro atoms. The molecule has 13 heteroatoms. The van der Waals surface area contributed by atoms with Crippen molar-refractivity contribution in [3.05, 3.63) is 286 Å².